The predicted molar refractivity (Wildman–Crippen MR) is 114 cm³/mol. The van der Waals surface area contributed by atoms with Crippen molar-refractivity contribution in [3.8, 4) is 17.0 Å². The van der Waals surface area contributed by atoms with Gasteiger partial charge in [-0.25, -0.2) is 4.39 Å². The Morgan fingerprint density at radius 1 is 1.13 bits per heavy atom. The number of pyridine rings is 1. The quantitative estimate of drug-likeness (QED) is 0.532. The van der Waals surface area contributed by atoms with Gasteiger partial charge in [-0.05, 0) is 43.2 Å². The molecule has 152 valence electrons. The summed E-state index contributed by atoms with van der Waals surface area (Å²) in [6.07, 6.45) is -0.837. The fourth-order valence-corrected chi connectivity index (χ4v) is 3.37. The molecule has 4 aromatic rings. The number of carbonyl (C=O) groups excluding carboxylic acids is 1. The van der Waals surface area contributed by atoms with E-state index >= 15 is 0 Å². The Morgan fingerprint density at radius 3 is 2.63 bits per heavy atom. The zero-order chi connectivity index (χ0) is 21.3. The third kappa shape index (κ3) is 3.87. The molecule has 0 unspecified atom stereocenters. The Balaban J connectivity index is 1.66. The van der Waals surface area contributed by atoms with Crippen molar-refractivity contribution in [2.75, 3.05) is 5.32 Å². The van der Waals surface area contributed by atoms with Gasteiger partial charge in [-0.1, -0.05) is 36.4 Å². The zero-order valence-corrected chi connectivity index (χ0v) is 16.9. The van der Waals surface area contributed by atoms with E-state index < -0.39 is 17.8 Å². The highest BCUT2D eigenvalue weighted by Gasteiger charge is 2.20. The number of ether oxygens (including phenoxy) is 1. The molecule has 1 amide bonds. The number of anilines is 1. The summed E-state index contributed by atoms with van der Waals surface area (Å²) in [6, 6.07) is 17.4. The third-order valence-electron chi connectivity index (χ3n) is 4.79. The average Bonchev–Trinajstić information content (AvgIpc) is 3.01. The number of fused-ring (bicyclic) bond motifs is 1. The summed E-state index contributed by atoms with van der Waals surface area (Å²) >= 11 is 0. The lowest BCUT2D eigenvalue weighted by atomic mass is 10.0. The second kappa shape index (κ2) is 7.94. The van der Waals surface area contributed by atoms with Crippen LogP contribution in [0.4, 0.5) is 10.1 Å². The molecule has 0 bridgehead atoms. The smallest absolute Gasteiger partial charge is 0.265 e. The van der Waals surface area contributed by atoms with E-state index in [-0.39, 0.29) is 0 Å². The van der Waals surface area contributed by atoms with Crippen molar-refractivity contribution < 1.29 is 13.9 Å². The highest BCUT2D eigenvalue weighted by molar-refractivity contribution is 5.96. The largest absolute Gasteiger partial charge is 0.464 e. The van der Waals surface area contributed by atoms with Crippen molar-refractivity contribution in [1.82, 2.24) is 14.8 Å². The predicted octanol–water partition coefficient (Wildman–Crippen LogP) is 4.49. The van der Waals surface area contributed by atoms with E-state index in [0.717, 1.165) is 22.2 Å². The molecular formula is C23H21FN4O2. The Morgan fingerprint density at radius 2 is 1.90 bits per heavy atom. The molecule has 2 heterocycles. The van der Waals surface area contributed by atoms with Crippen LogP contribution in [0.1, 0.15) is 12.6 Å². The maximum Gasteiger partial charge on any atom is 0.265 e. The number of rotatable bonds is 5. The molecule has 6 nitrogen and oxygen atoms in total. The molecule has 0 radical (unpaired) electrons. The van der Waals surface area contributed by atoms with Crippen LogP contribution in [-0.2, 0) is 11.8 Å². The SMILES string of the molecule is Cc1nn(C)c2nc(O[C@H](C)C(=O)Nc3cccc(F)c3)cc(-c3ccccc3)c12. The van der Waals surface area contributed by atoms with Crippen molar-refractivity contribution in [2.24, 2.45) is 7.05 Å². The first-order chi connectivity index (χ1) is 14.4. The summed E-state index contributed by atoms with van der Waals surface area (Å²) in [6.45, 7) is 3.56. The van der Waals surface area contributed by atoms with Gasteiger partial charge in [0.25, 0.3) is 5.91 Å². The molecule has 1 N–H and O–H groups in total. The van der Waals surface area contributed by atoms with Crippen molar-refractivity contribution >= 4 is 22.6 Å². The second-order valence-corrected chi connectivity index (χ2v) is 7.04. The number of benzene rings is 2. The molecule has 30 heavy (non-hydrogen) atoms. The average molecular weight is 404 g/mol. The Hall–Kier alpha value is -3.74. The number of hydrogen-bond acceptors (Lipinski definition) is 4. The van der Waals surface area contributed by atoms with Gasteiger partial charge in [0.2, 0.25) is 5.88 Å². The van der Waals surface area contributed by atoms with Crippen LogP contribution in [0.5, 0.6) is 5.88 Å². The molecule has 0 saturated heterocycles. The van der Waals surface area contributed by atoms with Crippen LogP contribution in [0.25, 0.3) is 22.2 Å². The summed E-state index contributed by atoms with van der Waals surface area (Å²) in [4.78, 5) is 17.1. The third-order valence-corrected chi connectivity index (χ3v) is 4.79. The summed E-state index contributed by atoms with van der Waals surface area (Å²) in [7, 11) is 1.82. The van der Waals surface area contributed by atoms with Crippen LogP contribution >= 0.6 is 0 Å². The lowest BCUT2D eigenvalue weighted by Crippen LogP contribution is -2.30. The minimum absolute atomic E-state index is 0.311. The molecule has 0 spiro atoms. The van der Waals surface area contributed by atoms with Gasteiger partial charge in [-0.3, -0.25) is 9.48 Å². The molecule has 2 aromatic carbocycles. The van der Waals surface area contributed by atoms with Crippen LogP contribution < -0.4 is 10.1 Å². The van der Waals surface area contributed by atoms with Crippen LogP contribution in [0.2, 0.25) is 0 Å². The maximum absolute atomic E-state index is 13.4. The lowest BCUT2D eigenvalue weighted by molar-refractivity contribution is -0.122. The van der Waals surface area contributed by atoms with Gasteiger partial charge in [-0.2, -0.15) is 10.1 Å². The fraction of sp³-hybridized carbons (Fsp3) is 0.174. The molecule has 0 saturated carbocycles. The Bertz CT molecular complexity index is 1220. The van der Waals surface area contributed by atoms with E-state index in [4.69, 9.17) is 4.74 Å². The number of nitrogens with one attached hydrogen (secondary N) is 1. The first-order valence-electron chi connectivity index (χ1n) is 9.55. The molecule has 2 aromatic heterocycles. The zero-order valence-electron chi connectivity index (χ0n) is 16.9. The Labute approximate surface area is 173 Å². The van der Waals surface area contributed by atoms with E-state index in [0.29, 0.717) is 17.2 Å². The minimum atomic E-state index is -0.837. The van der Waals surface area contributed by atoms with Crippen molar-refractivity contribution in [3.63, 3.8) is 0 Å². The normalized spacial score (nSPS) is 12.0. The van der Waals surface area contributed by atoms with Crippen molar-refractivity contribution in [3.05, 3.63) is 72.2 Å². The summed E-state index contributed by atoms with van der Waals surface area (Å²) in [5.74, 6) is -0.510. The van der Waals surface area contributed by atoms with E-state index in [1.54, 1.807) is 17.7 Å². The number of aromatic nitrogens is 3. The molecule has 7 heteroatoms. The standard InChI is InChI=1S/C23H21FN4O2/c1-14-21-19(16-8-5-4-6-9-16)13-20(26-22(21)28(3)27-14)30-15(2)23(29)25-18-11-7-10-17(24)12-18/h4-13,15H,1-3H3,(H,25,29)/t15-/m1/s1. The van der Waals surface area contributed by atoms with Gasteiger partial charge in [0, 0.05) is 18.8 Å². The molecule has 4 rings (SSSR count). The molecule has 0 aliphatic carbocycles. The first-order valence-corrected chi connectivity index (χ1v) is 9.55. The number of aryl methyl sites for hydroxylation is 2. The van der Waals surface area contributed by atoms with Crippen LogP contribution in [-0.4, -0.2) is 26.8 Å². The van der Waals surface area contributed by atoms with E-state index in [2.05, 4.69) is 15.4 Å². The van der Waals surface area contributed by atoms with Gasteiger partial charge < -0.3 is 10.1 Å². The summed E-state index contributed by atoms with van der Waals surface area (Å²) in [5.41, 5.74) is 3.83. The molecular weight excluding hydrogens is 383 g/mol. The van der Waals surface area contributed by atoms with E-state index in [1.165, 1.54) is 18.2 Å². The highest BCUT2D eigenvalue weighted by atomic mass is 19.1. The van der Waals surface area contributed by atoms with E-state index in [9.17, 15) is 9.18 Å². The molecule has 0 aliphatic rings. The number of halogens is 1. The van der Waals surface area contributed by atoms with E-state index in [1.807, 2.05) is 50.4 Å². The second-order valence-electron chi connectivity index (χ2n) is 7.04. The number of amides is 1. The van der Waals surface area contributed by atoms with Gasteiger partial charge >= 0.3 is 0 Å². The highest BCUT2D eigenvalue weighted by Crippen LogP contribution is 2.33. The summed E-state index contributed by atoms with van der Waals surface area (Å²) < 4.78 is 20.9. The van der Waals surface area contributed by atoms with Crippen LogP contribution in [0, 0.1) is 12.7 Å². The lowest BCUT2D eigenvalue weighted by Gasteiger charge is -2.15. The number of hydrogen-bond donors (Lipinski definition) is 1. The van der Waals surface area contributed by atoms with Crippen LogP contribution in [0.3, 0.4) is 0 Å². The maximum atomic E-state index is 13.4. The molecule has 1 atom stereocenters. The topological polar surface area (TPSA) is 69.0 Å². The van der Waals surface area contributed by atoms with Gasteiger partial charge in [0.05, 0.1) is 11.1 Å². The van der Waals surface area contributed by atoms with Gasteiger partial charge in [0.15, 0.2) is 11.8 Å². The Kier molecular flexibility index (Phi) is 5.18. The van der Waals surface area contributed by atoms with Crippen molar-refractivity contribution in [1.29, 1.82) is 0 Å². The minimum Gasteiger partial charge on any atom is -0.464 e. The number of carbonyl (C=O) groups is 1. The first kappa shape index (κ1) is 19.6. The monoisotopic (exact) mass is 404 g/mol. The van der Waals surface area contributed by atoms with Gasteiger partial charge in [0.1, 0.15) is 5.82 Å². The molecule has 0 fully saturated rings. The fourth-order valence-electron chi connectivity index (χ4n) is 3.37. The van der Waals surface area contributed by atoms with Crippen LogP contribution in [0.15, 0.2) is 60.7 Å². The van der Waals surface area contributed by atoms with Crippen molar-refractivity contribution in [2.45, 2.75) is 20.0 Å². The molecule has 0 aliphatic heterocycles. The number of nitrogens with zero attached hydrogens (tertiary/aromatic N) is 3. The summed E-state index contributed by atoms with van der Waals surface area (Å²) in [5, 5.41) is 8.07. The van der Waals surface area contributed by atoms with Gasteiger partial charge in [-0.15, -0.1) is 0 Å².